The Labute approximate surface area is 199 Å². The minimum Gasteiger partial charge on any atom is -0.458 e. The molecule has 0 N–H and O–H groups in total. The molecule has 0 atom stereocenters. The third kappa shape index (κ3) is 2.90. The van der Waals surface area contributed by atoms with Gasteiger partial charge in [-0.15, -0.1) is 0 Å². The van der Waals surface area contributed by atoms with Crippen LogP contribution in [0.4, 0.5) is 0 Å². The zero-order valence-corrected chi connectivity index (χ0v) is 18.8. The van der Waals surface area contributed by atoms with Crippen molar-refractivity contribution in [2.45, 2.75) is 6.92 Å². The lowest BCUT2D eigenvalue weighted by Gasteiger charge is -2.33. The minimum atomic E-state index is 0.0782. The highest BCUT2D eigenvalue weighted by molar-refractivity contribution is 6.98. The standard InChI is InChI=1S/C31H21BO2/c1-20-9-5-6-12-24(20)22-15-16-26-28(17-22)34-30-19-23(21-10-3-2-4-11-21)18-29-31(30)32(26)25-13-7-8-14-27(25)33-29/h2-19H,1H3. The Morgan fingerprint density at radius 3 is 1.97 bits per heavy atom. The molecule has 5 aromatic rings. The van der Waals surface area contributed by atoms with Gasteiger partial charge in [0.25, 0.3) is 6.71 Å². The molecule has 34 heavy (non-hydrogen) atoms. The molecule has 0 bridgehead atoms. The SMILES string of the molecule is Cc1ccccc1-c1ccc2c(c1)Oc1cc(-c3ccccc3)cc3c1B2c1ccccc1O3. The maximum absolute atomic E-state index is 6.62. The van der Waals surface area contributed by atoms with Crippen LogP contribution in [0.2, 0.25) is 0 Å². The van der Waals surface area contributed by atoms with Crippen LogP contribution in [0.1, 0.15) is 5.56 Å². The van der Waals surface area contributed by atoms with E-state index in [0.29, 0.717) is 0 Å². The van der Waals surface area contributed by atoms with Gasteiger partial charge in [0, 0.05) is 5.46 Å². The van der Waals surface area contributed by atoms with E-state index in [2.05, 4.69) is 104 Å². The average Bonchev–Trinajstić information content (AvgIpc) is 2.88. The Morgan fingerprint density at radius 2 is 1.15 bits per heavy atom. The van der Waals surface area contributed by atoms with Crippen LogP contribution in [-0.4, -0.2) is 6.71 Å². The molecule has 160 valence electrons. The number of para-hydroxylation sites is 1. The molecule has 2 nitrogen and oxygen atoms in total. The van der Waals surface area contributed by atoms with Crippen LogP contribution in [0, 0.1) is 6.92 Å². The quantitative estimate of drug-likeness (QED) is 0.307. The molecular weight excluding hydrogens is 415 g/mol. The summed E-state index contributed by atoms with van der Waals surface area (Å²) in [6.07, 6.45) is 0. The fraction of sp³-hybridized carbons (Fsp3) is 0.0323. The van der Waals surface area contributed by atoms with E-state index in [1.807, 2.05) is 12.1 Å². The van der Waals surface area contributed by atoms with Crippen molar-refractivity contribution in [3.05, 3.63) is 115 Å². The van der Waals surface area contributed by atoms with Crippen molar-refractivity contribution in [3.63, 3.8) is 0 Å². The van der Waals surface area contributed by atoms with Crippen LogP contribution >= 0.6 is 0 Å². The van der Waals surface area contributed by atoms with E-state index in [1.54, 1.807) is 0 Å². The fourth-order valence-electron chi connectivity index (χ4n) is 5.30. The van der Waals surface area contributed by atoms with E-state index >= 15 is 0 Å². The highest BCUT2D eigenvalue weighted by Crippen LogP contribution is 2.39. The summed E-state index contributed by atoms with van der Waals surface area (Å²) in [5, 5.41) is 0. The Morgan fingerprint density at radius 1 is 0.500 bits per heavy atom. The van der Waals surface area contributed by atoms with E-state index in [0.717, 1.165) is 39.6 Å². The zero-order valence-electron chi connectivity index (χ0n) is 18.8. The van der Waals surface area contributed by atoms with Crippen molar-refractivity contribution >= 4 is 23.1 Å². The topological polar surface area (TPSA) is 18.5 Å². The number of benzene rings is 5. The number of rotatable bonds is 2. The molecular formula is C31H21BO2. The van der Waals surface area contributed by atoms with Crippen LogP contribution in [-0.2, 0) is 0 Å². The molecule has 2 aliphatic rings. The summed E-state index contributed by atoms with van der Waals surface area (Å²) < 4.78 is 13.1. The summed E-state index contributed by atoms with van der Waals surface area (Å²) in [6.45, 7) is 2.23. The summed E-state index contributed by atoms with van der Waals surface area (Å²) in [5.74, 6) is 3.55. The Bertz CT molecular complexity index is 1570. The van der Waals surface area contributed by atoms with E-state index in [1.165, 1.54) is 27.6 Å². The van der Waals surface area contributed by atoms with Crippen LogP contribution in [0.15, 0.2) is 109 Å². The van der Waals surface area contributed by atoms with Crippen LogP contribution < -0.4 is 25.9 Å². The van der Waals surface area contributed by atoms with Gasteiger partial charge in [0.05, 0.1) is 0 Å². The largest absolute Gasteiger partial charge is 0.458 e. The third-order valence-corrected chi connectivity index (χ3v) is 6.95. The van der Waals surface area contributed by atoms with Gasteiger partial charge in [-0.1, -0.05) is 84.9 Å². The number of ether oxygens (including phenoxy) is 2. The van der Waals surface area contributed by atoms with Gasteiger partial charge < -0.3 is 9.47 Å². The molecule has 0 unspecified atom stereocenters. The maximum Gasteiger partial charge on any atom is 0.260 e. The second kappa shape index (κ2) is 7.39. The first kappa shape index (κ1) is 19.3. The van der Waals surface area contributed by atoms with Crippen molar-refractivity contribution < 1.29 is 9.47 Å². The normalized spacial score (nSPS) is 12.7. The molecule has 0 aliphatic carbocycles. The third-order valence-electron chi connectivity index (χ3n) is 6.95. The van der Waals surface area contributed by atoms with Crippen LogP contribution in [0.25, 0.3) is 22.3 Å². The summed E-state index contributed by atoms with van der Waals surface area (Å²) in [4.78, 5) is 0. The van der Waals surface area contributed by atoms with Gasteiger partial charge in [0.15, 0.2) is 0 Å². The highest BCUT2D eigenvalue weighted by atomic mass is 16.5. The molecule has 0 saturated carbocycles. The monoisotopic (exact) mass is 436 g/mol. The molecule has 0 aromatic heterocycles. The number of hydrogen-bond acceptors (Lipinski definition) is 2. The molecule has 5 aromatic carbocycles. The Hall–Kier alpha value is -4.24. The molecule has 3 heteroatoms. The fourth-order valence-corrected chi connectivity index (χ4v) is 5.30. The molecule has 0 fully saturated rings. The Balaban J connectivity index is 1.45. The Kier molecular flexibility index (Phi) is 4.19. The zero-order chi connectivity index (χ0) is 22.6. The maximum atomic E-state index is 6.62. The lowest BCUT2D eigenvalue weighted by Crippen LogP contribution is -2.57. The molecule has 0 saturated heterocycles. The van der Waals surface area contributed by atoms with Crippen molar-refractivity contribution in [2.24, 2.45) is 0 Å². The summed E-state index contributed by atoms with van der Waals surface area (Å²) in [7, 11) is 0. The molecule has 0 spiro atoms. The second-order valence-corrected chi connectivity index (χ2v) is 8.99. The van der Waals surface area contributed by atoms with Gasteiger partial charge in [0.1, 0.15) is 23.0 Å². The number of hydrogen-bond donors (Lipinski definition) is 0. The van der Waals surface area contributed by atoms with E-state index in [-0.39, 0.29) is 6.71 Å². The van der Waals surface area contributed by atoms with Crippen LogP contribution in [0.3, 0.4) is 0 Å². The lowest BCUT2D eigenvalue weighted by molar-refractivity contribution is 0.465. The van der Waals surface area contributed by atoms with Gasteiger partial charge in [-0.2, -0.15) is 0 Å². The van der Waals surface area contributed by atoms with Gasteiger partial charge in [-0.05, 0) is 69.9 Å². The smallest absolute Gasteiger partial charge is 0.260 e. The second-order valence-electron chi connectivity index (χ2n) is 8.99. The van der Waals surface area contributed by atoms with Gasteiger partial charge in [-0.25, -0.2) is 0 Å². The predicted octanol–water partition coefficient (Wildman–Crippen LogP) is 6.06. The first-order valence-electron chi connectivity index (χ1n) is 11.6. The highest BCUT2D eigenvalue weighted by Gasteiger charge is 2.40. The first-order chi connectivity index (χ1) is 16.8. The average molecular weight is 436 g/mol. The van der Waals surface area contributed by atoms with E-state index in [4.69, 9.17) is 9.47 Å². The van der Waals surface area contributed by atoms with Gasteiger partial charge in [-0.3, -0.25) is 0 Å². The summed E-state index contributed by atoms with van der Waals surface area (Å²) in [5.41, 5.74) is 9.34. The van der Waals surface area contributed by atoms with Crippen LogP contribution in [0.5, 0.6) is 23.0 Å². The lowest BCUT2D eigenvalue weighted by atomic mass is 9.35. The molecule has 2 aliphatic heterocycles. The first-order valence-corrected chi connectivity index (χ1v) is 11.6. The van der Waals surface area contributed by atoms with Crippen molar-refractivity contribution in [3.8, 4) is 45.3 Å². The molecule has 0 radical (unpaired) electrons. The van der Waals surface area contributed by atoms with Crippen molar-refractivity contribution in [1.82, 2.24) is 0 Å². The van der Waals surface area contributed by atoms with Gasteiger partial charge >= 0.3 is 0 Å². The molecule has 7 rings (SSSR count). The van der Waals surface area contributed by atoms with Crippen molar-refractivity contribution in [1.29, 1.82) is 0 Å². The van der Waals surface area contributed by atoms with Crippen molar-refractivity contribution in [2.75, 3.05) is 0 Å². The van der Waals surface area contributed by atoms with E-state index in [9.17, 15) is 0 Å². The van der Waals surface area contributed by atoms with Gasteiger partial charge in [0.2, 0.25) is 0 Å². The number of fused-ring (bicyclic) bond motifs is 4. The predicted molar refractivity (Wildman–Crippen MR) is 140 cm³/mol. The number of aryl methyl sites for hydroxylation is 1. The molecule has 0 amide bonds. The summed E-state index contributed by atoms with van der Waals surface area (Å²) >= 11 is 0. The molecule has 2 heterocycles. The van der Waals surface area contributed by atoms with E-state index < -0.39 is 0 Å². The minimum absolute atomic E-state index is 0.0782. The summed E-state index contributed by atoms with van der Waals surface area (Å²) in [6, 6.07) is 38.2.